The van der Waals surface area contributed by atoms with Gasteiger partial charge in [-0.05, 0) is 31.0 Å². The SMILES string of the molecule is CCC(O)(CC)CNc1cc(Br)ccc1Cl. The van der Waals surface area contributed by atoms with Crippen LogP contribution in [0.1, 0.15) is 26.7 Å². The smallest absolute Gasteiger partial charge is 0.0814 e. The number of nitrogens with one attached hydrogen (secondary N) is 1. The van der Waals surface area contributed by atoms with Crippen molar-refractivity contribution in [2.24, 2.45) is 0 Å². The number of aliphatic hydroxyl groups is 1. The third-order valence-corrected chi connectivity index (χ3v) is 3.68. The maximum absolute atomic E-state index is 10.1. The number of anilines is 1. The molecule has 0 amide bonds. The summed E-state index contributed by atoms with van der Waals surface area (Å²) in [5.41, 5.74) is 0.183. The molecule has 0 atom stereocenters. The van der Waals surface area contributed by atoms with E-state index in [-0.39, 0.29) is 0 Å². The Kier molecular flexibility index (Phi) is 5.09. The molecule has 0 aliphatic heterocycles. The van der Waals surface area contributed by atoms with Gasteiger partial charge in [0.1, 0.15) is 0 Å². The van der Waals surface area contributed by atoms with E-state index in [1.54, 1.807) is 0 Å². The highest BCUT2D eigenvalue weighted by molar-refractivity contribution is 9.10. The summed E-state index contributed by atoms with van der Waals surface area (Å²) >= 11 is 9.44. The van der Waals surface area contributed by atoms with Gasteiger partial charge in [-0.25, -0.2) is 0 Å². The van der Waals surface area contributed by atoms with Gasteiger partial charge in [-0.2, -0.15) is 0 Å². The summed E-state index contributed by atoms with van der Waals surface area (Å²) in [6.45, 7) is 4.47. The van der Waals surface area contributed by atoms with E-state index in [4.69, 9.17) is 11.6 Å². The Balaban J connectivity index is 2.70. The van der Waals surface area contributed by atoms with E-state index >= 15 is 0 Å². The summed E-state index contributed by atoms with van der Waals surface area (Å²) in [4.78, 5) is 0. The van der Waals surface area contributed by atoms with Crippen LogP contribution in [0, 0.1) is 0 Å². The van der Waals surface area contributed by atoms with Crippen LogP contribution in [0.5, 0.6) is 0 Å². The second-order valence-corrected chi connectivity index (χ2v) is 5.23. The summed E-state index contributed by atoms with van der Waals surface area (Å²) in [7, 11) is 0. The van der Waals surface area contributed by atoms with Gasteiger partial charge in [0.2, 0.25) is 0 Å². The van der Waals surface area contributed by atoms with Crippen molar-refractivity contribution in [1.29, 1.82) is 0 Å². The van der Waals surface area contributed by atoms with Gasteiger partial charge in [0.05, 0.1) is 16.3 Å². The van der Waals surface area contributed by atoms with Gasteiger partial charge in [0, 0.05) is 11.0 Å². The van der Waals surface area contributed by atoms with Crippen LogP contribution >= 0.6 is 27.5 Å². The minimum atomic E-state index is -0.661. The maximum atomic E-state index is 10.1. The van der Waals surface area contributed by atoms with Crippen molar-refractivity contribution < 1.29 is 5.11 Å². The molecule has 0 aliphatic carbocycles. The van der Waals surface area contributed by atoms with E-state index in [0.29, 0.717) is 11.6 Å². The highest BCUT2D eigenvalue weighted by atomic mass is 79.9. The fraction of sp³-hybridized carbons (Fsp3) is 0.500. The zero-order chi connectivity index (χ0) is 12.2. The van der Waals surface area contributed by atoms with E-state index in [9.17, 15) is 5.11 Å². The van der Waals surface area contributed by atoms with Crippen molar-refractivity contribution in [3.8, 4) is 0 Å². The van der Waals surface area contributed by atoms with Crippen molar-refractivity contribution in [2.45, 2.75) is 32.3 Å². The Morgan fingerprint density at radius 3 is 2.56 bits per heavy atom. The molecule has 2 N–H and O–H groups in total. The standard InChI is InChI=1S/C12H17BrClNO/c1-3-12(16,4-2)8-15-11-7-9(13)5-6-10(11)14/h5-7,15-16H,3-4,8H2,1-2H3. The predicted octanol–water partition coefficient (Wildman–Crippen LogP) is 4.07. The molecule has 4 heteroatoms. The third-order valence-electron chi connectivity index (χ3n) is 2.85. The van der Waals surface area contributed by atoms with Gasteiger partial charge >= 0.3 is 0 Å². The van der Waals surface area contributed by atoms with Gasteiger partial charge in [-0.15, -0.1) is 0 Å². The molecule has 0 saturated heterocycles. The van der Waals surface area contributed by atoms with Crippen LogP contribution in [0.2, 0.25) is 5.02 Å². The summed E-state index contributed by atoms with van der Waals surface area (Å²) < 4.78 is 0.968. The molecular weight excluding hydrogens is 289 g/mol. The molecule has 0 saturated carbocycles. The van der Waals surface area contributed by atoms with Crippen molar-refractivity contribution in [2.75, 3.05) is 11.9 Å². The minimum absolute atomic E-state index is 0.510. The topological polar surface area (TPSA) is 32.3 Å². The largest absolute Gasteiger partial charge is 0.388 e. The Labute approximate surface area is 110 Å². The first-order valence-corrected chi connectivity index (χ1v) is 6.59. The van der Waals surface area contributed by atoms with Crippen LogP contribution in [0.4, 0.5) is 5.69 Å². The van der Waals surface area contributed by atoms with Crippen LogP contribution in [0.15, 0.2) is 22.7 Å². The first-order valence-electron chi connectivity index (χ1n) is 5.42. The van der Waals surface area contributed by atoms with E-state index in [0.717, 1.165) is 23.0 Å². The third kappa shape index (κ3) is 3.65. The molecular formula is C12H17BrClNO. The second-order valence-electron chi connectivity index (χ2n) is 3.91. The molecule has 16 heavy (non-hydrogen) atoms. The molecule has 0 radical (unpaired) electrons. The molecule has 90 valence electrons. The molecule has 0 spiro atoms. The summed E-state index contributed by atoms with van der Waals surface area (Å²) in [6.07, 6.45) is 1.45. The molecule has 0 unspecified atom stereocenters. The van der Waals surface area contributed by atoms with Crippen LogP contribution in [-0.4, -0.2) is 17.3 Å². The van der Waals surface area contributed by atoms with Crippen molar-refractivity contribution in [3.63, 3.8) is 0 Å². The maximum Gasteiger partial charge on any atom is 0.0814 e. The van der Waals surface area contributed by atoms with E-state index in [1.165, 1.54) is 0 Å². The van der Waals surface area contributed by atoms with Crippen molar-refractivity contribution in [1.82, 2.24) is 0 Å². The Bertz CT molecular complexity index is 353. The van der Waals surface area contributed by atoms with Crippen LogP contribution in [0.3, 0.4) is 0 Å². The molecule has 0 aromatic heterocycles. The summed E-state index contributed by atoms with van der Waals surface area (Å²) in [6, 6.07) is 5.62. The zero-order valence-electron chi connectivity index (χ0n) is 9.56. The number of rotatable bonds is 5. The average Bonchev–Trinajstić information content (AvgIpc) is 2.30. The van der Waals surface area contributed by atoms with Crippen molar-refractivity contribution in [3.05, 3.63) is 27.7 Å². The van der Waals surface area contributed by atoms with Crippen molar-refractivity contribution >= 4 is 33.2 Å². The average molecular weight is 307 g/mol. The van der Waals surface area contributed by atoms with Gasteiger partial charge in [-0.3, -0.25) is 0 Å². The highest BCUT2D eigenvalue weighted by Gasteiger charge is 2.21. The molecule has 1 aromatic carbocycles. The fourth-order valence-corrected chi connectivity index (χ4v) is 1.94. The number of hydrogen-bond acceptors (Lipinski definition) is 2. The fourth-order valence-electron chi connectivity index (χ4n) is 1.39. The lowest BCUT2D eigenvalue weighted by Crippen LogP contribution is -2.35. The molecule has 0 heterocycles. The van der Waals surface area contributed by atoms with Crippen LogP contribution in [-0.2, 0) is 0 Å². The first kappa shape index (κ1) is 13.8. The molecule has 2 nitrogen and oxygen atoms in total. The monoisotopic (exact) mass is 305 g/mol. The quantitative estimate of drug-likeness (QED) is 0.859. The number of hydrogen-bond donors (Lipinski definition) is 2. The highest BCUT2D eigenvalue weighted by Crippen LogP contribution is 2.26. The van der Waals surface area contributed by atoms with Gasteiger partial charge in [0.25, 0.3) is 0 Å². The number of halogens is 2. The minimum Gasteiger partial charge on any atom is -0.388 e. The lowest BCUT2D eigenvalue weighted by Gasteiger charge is -2.26. The van der Waals surface area contributed by atoms with E-state index in [1.807, 2.05) is 32.0 Å². The lowest BCUT2D eigenvalue weighted by atomic mass is 9.97. The first-order chi connectivity index (χ1) is 7.50. The molecule has 0 bridgehead atoms. The zero-order valence-corrected chi connectivity index (χ0v) is 11.9. The van der Waals surface area contributed by atoms with E-state index in [2.05, 4.69) is 21.2 Å². The Hall–Kier alpha value is -0.250. The Morgan fingerprint density at radius 1 is 1.38 bits per heavy atom. The molecule has 0 fully saturated rings. The normalized spacial score (nSPS) is 11.6. The van der Waals surface area contributed by atoms with Gasteiger partial charge in [-0.1, -0.05) is 41.4 Å². The number of benzene rings is 1. The van der Waals surface area contributed by atoms with Crippen LogP contribution in [0.25, 0.3) is 0 Å². The summed E-state index contributed by atoms with van der Waals surface area (Å²) in [5.74, 6) is 0. The molecule has 1 rings (SSSR count). The van der Waals surface area contributed by atoms with Crippen LogP contribution < -0.4 is 5.32 Å². The van der Waals surface area contributed by atoms with Gasteiger partial charge in [0.15, 0.2) is 0 Å². The lowest BCUT2D eigenvalue weighted by molar-refractivity contribution is 0.0457. The molecule has 0 aliphatic rings. The second kappa shape index (κ2) is 5.89. The predicted molar refractivity (Wildman–Crippen MR) is 73.2 cm³/mol. The van der Waals surface area contributed by atoms with Gasteiger partial charge < -0.3 is 10.4 Å². The van der Waals surface area contributed by atoms with E-state index < -0.39 is 5.60 Å². The summed E-state index contributed by atoms with van der Waals surface area (Å²) in [5, 5.41) is 14.0. The Morgan fingerprint density at radius 2 is 2.00 bits per heavy atom. The molecule has 1 aromatic rings.